The molecule has 1 aromatic heterocycles. The fourth-order valence-electron chi connectivity index (χ4n) is 8.43. The van der Waals surface area contributed by atoms with Crippen LogP contribution in [-0.2, 0) is 0 Å². The van der Waals surface area contributed by atoms with E-state index >= 15 is 0 Å². The van der Waals surface area contributed by atoms with Gasteiger partial charge >= 0.3 is 0 Å². The molecule has 0 spiro atoms. The molecule has 1 atom stereocenters. The Morgan fingerprint density at radius 2 is 1.21 bits per heavy atom. The van der Waals surface area contributed by atoms with Gasteiger partial charge in [0.05, 0.1) is 23.1 Å². The van der Waals surface area contributed by atoms with Crippen molar-refractivity contribution in [3.8, 4) is 22.5 Å². The molecule has 0 unspecified atom stereocenters. The van der Waals surface area contributed by atoms with E-state index < -0.39 is 0 Å². The number of aryl methyl sites for hydroxylation is 3. The third-order valence-electron chi connectivity index (χ3n) is 11.0. The Morgan fingerprint density at radius 3 is 1.91 bits per heavy atom. The van der Waals surface area contributed by atoms with Crippen molar-refractivity contribution in [2.45, 2.75) is 33.2 Å². The number of anilines is 2. The topological polar surface area (TPSA) is 36.7 Å². The molecule has 0 N–H and O–H groups in total. The molecular weight excluding hydrogens is 681 g/mol. The Bertz CT molecular complexity index is 2570. The Morgan fingerprint density at radius 1 is 0.589 bits per heavy atom. The molecule has 6 heteroatoms. The number of hydrazone groups is 1. The minimum Gasteiger partial charge on any atom is -0.304 e. The third kappa shape index (κ3) is 6.91. The lowest BCUT2D eigenvalue weighted by Crippen LogP contribution is -2.54. The van der Waals surface area contributed by atoms with Crippen LogP contribution in [0.2, 0.25) is 0 Å². The second-order valence-corrected chi connectivity index (χ2v) is 14.9. The monoisotopic (exact) mass is 725 g/mol. The average Bonchev–Trinajstić information content (AvgIpc) is 3.90. The fourth-order valence-corrected chi connectivity index (χ4v) is 8.43. The van der Waals surface area contributed by atoms with Crippen LogP contribution in [0.3, 0.4) is 0 Å². The molecule has 6 aromatic carbocycles. The summed E-state index contributed by atoms with van der Waals surface area (Å²) in [5.74, 6) is 0.936. The molecule has 9 rings (SSSR count). The number of amidine groups is 1. The Labute approximate surface area is 330 Å². The molecule has 0 saturated heterocycles. The zero-order chi connectivity index (χ0) is 38.0. The summed E-state index contributed by atoms with van der Waals surface area (Å²) in [6.07, 6.45) is 9.64. The summed E-state index contributed by atoms with van der Waals surface area (Å²) in [5.41, 5.74) is 15.3. The van der Waals surface area contributed by atoms with Gasteiger partial charge < -0.3 is 4.90 Å². The van der Waals surface area contributed by atoms with Crippen molar-refractivity contribution < 1.29 is 0 Å². The van der Waals surface area contributed by atoms with Crippen LogP contribution >= 0.6 is 0 Å². The highest BCUT2D eigenvalue weighted by Crippen LogP contribution is 2.32. The second-order valence-electron chi connectivity index (χ2n) is 14.9. The van der Waals surface area contributed by atoms with E-state index in [9.17, 15) is 0 Å². The molecule has 272 valence electrons. The first-order chi connectivity index (χ1) is 27.5. The Hall–Kier alpha value is -6.66. The number of hydrogen-bond acceptors (Lipinski definition) is 4. The summed E-state index contributed by atoms with van der Waals surface area (Å²) in [6.45, 7) is 7.29. The zero-order valence-corrected chi connectivity index (χ0v) is 32.1. The van der Waals surface area contributed by atoms with E-state index in [0.717, 1.165) is 51.7 Å². The highest BCUT2D eigenvalue weighted by molar-refractivity contribution is 6.96. The van der Waals surface area contributed by atoms with Crippen molar-refractivity contribution in [1.82, 2.24) is 9.78 Å². The van der Waals surface area contributed by atoms with Gasteiger partial charge in [0, 0.05) is 16.8 Å². The van der Waals surface area contributed by atoms with Crippen molar-refractivity contribution in [3.63, 3.8) is 0 Å². The van der Waals surface area contributed by atoms with E-state index in [0.29, 0.717) is 6.67 Å². The number of benzene rings is 6. The van der Waals surface area contributed by atoms with Crippen molar-refractivity contribution in [2.24, 2.45) is 5.10 Å². The van der Waals surface area contributed by atoms with Gasteiger partial charge in [0.25, 0.3) is 0 Å². The number of rotatable bonds is 9. The summed E-state index contributed by atoms with van der Waals surface area (Å²) in [4.78, 5) is 2.29. The van der Waals surface area contributed by atoms with Crippen LogP contribution in [0.15, 0.2) is 187 Å². The maximum Gasteiger partial charge on any atom is 0.242 e. The molecule has 1 aliphatic heterocycles. The van der Waals surface area contributed by atoms with Crippen molar-refractivity contribution in [3.05, 3.63) is 204 Å². The molecule has 0 bridgehead atoms. The SMILES string of the molecule is Cc1cc(C)c(B(c2cccc(-c3cc(-c4ccccc4)n([C@@H]4C=CC=CC4)n3)c2)c2cccc(N3CN(c4ccccc4)C(c4ccccc4)=N3)c2)c(C)c1. The van der Waals surface area contributed by atoms with E-state index in [-0.39, 0.29) is 12.8 Å². The van der Waals surface area contributed by atoms with E-state index in [2.05, 4.69) is 217 Å². The Kier molecular flexibility index (Phi) is 9.54. The largest absolute Gasteiger partial charge is 0.304 e. The van der Waals surface area contributed by atoms with Gasteiger partial charge in [0.15, 0.2) is 5.84 Å². The maximum absolute atomic E-state index is 5.31. The summed E-state index contributed by atoms with van der Waals surface area (Å²) >= 11 is 0. The third-order valence-corrected chi connectivity index (χ3v) is 11.0. The van der Waals surface area contributed by atoms with E-state index in [1.165, 1.54) is 33.1 Å². The molecular formula is C50H44BN5. The molecule has 0 radical (unpaired) electrons. The zero-order valence-electron chi connectivity index (χ0n) is 32.1. The first-order valence-corrected chi connectivity index (χ1v) is 19.5. The highest BCUT2D eigenvalue weighted by Gasteiger charge is 2.30. The minimum atomic E-state index is -0.0111. The van der Waals surface area contributed by atoms with Gasteiger partial charge in [0.2, 0.25) is 6.71 Å². The Balaban J connectivity index is 1.14. The molecule has 5 nitrogen and oxygen atoms in total. The van der Waals surface area contributed by atoms with Crippen molar-refractivity contribution in [2.75, 3.05) is 16.6 Å². The first-order valence-electron chi connectivity index (χ1n) is 19.5. The number of allylic oxidation sites excluding steroid dienone is 4. The summed E-state index contributed by atoms with van der Waals surface area (Å²) in [6, 6.07) is 56.7. The quantitative estimate of drug-likeness (QED) is 0.139. The second kappa shape index (κ2) is 15.2. The smallest absolute Gasteiger partial charge is 0.242 e. The summed E-state index contributed by atoms with van der Waals surface area (Å²) < 4.78 is 2.20. The summed E-state index contributed by atoms with van der Waals surface area (Å²) in [5, 5.41) is 12.7. The predicted octanol–water partition coefficient (Wildman–Crippen LogP) is 9.36. The fraction of sp³-hybridized carbons (Fsp3) is 0.120. The lowest BCUT2D eigenvalue weighted by Gasteiger charge is -2.24. The van der Waals surface area contributed by atoms with Gasteiger partial charge in [-0.25, -0.2) is 5.01 Å². The average molecular weight is 726 g/mol. The van der Waals surface area contributed by atoms with Crippen LogP contribution < -0.4 is 26.3 Å². The predicted molar refractivity (Wildman–Crippen MR) is 236 cm³/mol. The number of nitrogens with zero attached hydrogens (tertiary/aromatic N) is 5. The molecule has 56 heavy (non-hydrogen) atoms. The molecule has 7 aromatic rings. The van der Waals surface area contributed by atoms with Crippen LogP contribution in [0.5, 0.6) is 0 Å². The van der Waals surface area contributed by atoms with Gasteiger partial charge in [-0.05, 0) is 63.1 Å². The molecule has 0 amide bonds. The standard InChI is InChI=1S/C50H44BN5/c1-36-30-37(2)49(38(3)31-36)51(42-23-16-22-41(32-42)47-34-48(39-18-8-4-9-19-39)56(52-47)45-27-14-7-15-28-45)43-24-17-29-46(33-43)55-35-54(44-25-12-6-13-26-44)50(53-55)40-20-10-5-11-21-40/h4-27,29-34,45H,28,35H2,1-3H3/t45-/m1/s1. The molecule has 0 fully saturated rings. The van der Waals surface area contributed by atoms with Crippen LogP contribution in [0, 0.1) is 20.8 Å². The van der Waals surface area contributed by atoms with Crippen LogP contribution in [0.4, 0.5) is 11.4 Å². The van der Waals surface area contributed by atoms with Crippen LogP contribution in [0.1, 0.15) is 34.7 Å². The van der Waals surface area contributed by atoms with Gasteiger partial charge in [0.1, 0.15) is 6.67 Å². The van der Waals surface area contributed by atoms with Gasteiger partial charge in [-0.1, -0.05) is 185 Å². The highest BCUT2D eigenvalue weighted by atomic mass is 15.6. The molecule has 1 aliphatic carbocycles. The molecule has 0 saturated carbocycles. The van der Waals surface area contributed by atoms with Gasteiger partial charge in [-0.2, -0.15) is 10.2 Å². The minimum absolute atomic E-state index is 0.0111. The van der Waals surface area contributed by atoms with Crippen LogP contribution in [0.25, 0.3) is 22.5 Å². The van der Waals surface area contributed by atoms with Crippen molar-refractivity contribution >= 4 is 40.3 Å². The first kappa shape index (κ1) is 35.1. The number of aromatic nitrogens is 2. The summed E-state index contributed by atoms with van der Waals surface area (Å²) in [7, 11) is 0. The number of hydrogen-bond donors (Lipinski definition) is 0. The molecule has 2 aliphatic rings. The normalized spacial score (nSPS) is 15.0. The van der Waals surface area contributed by atoms with E-state index in [4.69, 9.17) is 10.2 Å². The molecule has 2 heterocycles. The van der Waals surface area contributed by atoms with Gasteiger partial charge in [-0.3, -0.25) is 4.68 Å². The van der Waals surface area contributed by atoms with Crippen LogP contribution in [-0.4, -0.2) is 29.0 Å². The lowest BCUT2D eigenvalue weighted by atomic mass is 9.35. The maximum atomic E-state index is 5.31. The van der Waals surface area contributed by atoms with Crippen molar-refractivity contribution in [1.29, 1.82) is 0 Å². The number of para-hydroxylation sites is 1. The lowest BCUT2D eigenvalue weighted by molar-refractivity contribution is 0.548. The van der Waals surface area contributed by atoms with E-state index in [1.54, 1.807) is 0 Å². The van der Waals surface area contributed by atoms with E-state index in [1.807, 2.05) is 0 Å². The van der Waals surface area contributed by atoms with Gasteiger partial charge in [-0.15, -0.1) is 0 Å².